The van der Waals surface area contributed by atoms with E-state index in [1.165, 1.54) is 18.4 Å². The molecule has 0 unspecified atom stereocenters. The lowest BCUT2D eigenvalue weighted by Crippen LogP contribution is -2.20. The molecule has 1 saturated carbocycles. The maximum Gasteiger partial charge on any atom is 0.165 e. The predicted molar refractivity (Wildman–Crippen MR) is 91.3 cm³/mol. The van der Waals surface area contributed by atoms with E-state index in [0.29, 0.717) is 5.78 Å². The first-order valence-corrected chi connectivity index (χ1v) is 8.53. The number of nitrogens with zero attached hydrogens (tertiary/aromatic N) is 1. The minimum absolute atomic E-state index is 0.220. The molecule has 0 N–H and O–H groups in total. The second-order valence-electron chi connectivity index (χ2n) is 6.81. The molecule has 3 rings (SSSR count). The zero-order valence-corrected chi connectivity index (χ0v) is 13.9. The first-order valence-electron chi connectivity index (χ1n) is 8.53. The third-order valence-corrected chi connectivity index (χ3v) is 5.16. The van der Waals surface area contributed by atoms with E-state index in [4.69, 9.17) is 0 Å². The molecule has 2 aromatic rings. The molecule has 2 nitrogen and oxygen atoms in total. The van der Waals surface area contributed by atoms with Gasteiger partial charge in [-0.1, -0.05) is 26.7 Å². The summed E-state index contributed by atoms with van der Waals surface area (Å²) in [4.78, 5) is 17.4. The van der Waals surface area contributed by atoms with Crippen molar-refractivity contribution < 1.29 is 4.79 Å². The lowest BCUT2D eigenvalue weighted by atomic mass is 9.79. The van der Waals surface area contributed by atoms with Crippen LogP contribution in [0, 0.1) is 18.8 Å². The van der Waals surface area contributed by atoms with Crippen LogP contribution in [-0.4, -0.2) is 10.8 Å². The van der Waals surface area contributed by atoms with Crippen molar-refractivity contribution in [3.63, 3.8) is 0 Å². The summed E-state index contributed by atoms with van der Waals surface area (Å²) in [6.45, 7) is 6.49. The number of fused-ring (bicyclic) bond motifs is 1. The summed E-state index contributed by atoms with van der Waals surface area (Å²) < 4.78 is 0. The van der Waals surface area contributed by atoms with Gasteiger partial charge in [-0.15, -0.1) is 0 Å². The number of carbonyl (C=O) groups is 1. The number of Topliss-reactive ketones (excluding diaryl/α,β-unsaturated/α-hetero) is 1. The van der Waals surface area contributed by atoms with Crippen LogP contribution < -0.4 is 0 Å². The van der Waals surface area contributed by atoms with E-state index >= 15 is 0 Å². The molecule has 0 spiro atoms. The molecular formula is C20H25NO. The zero-order chi connectivity index (χ0) is 15.7. The molecule has 2 heteroatoms. The average Bonchev–Trinajstić information content (AvgIpc) is 2.54. The molecule has 1 aliphatic rings. The summed E-state index contributed by atoms with van der Waals surface area (Å²) in [7, 11) is 0. The minimum atomic E-state index is 0.220. The number of rotatable bonds is 3. The number of carbonyl (C=O) groups excluding carboxylic acids is 1. The molecule has 0 amide bonds. The number of aromatic nitrogens is 1. The van der Waals surface area contributed by atoms with E-state index in [1.54, 1.807) is 0 Å². The largest absolute Gasteiger partial charge is 0.294 e. The van der Waals surface area contributed by atoms with E-state index in [1.807, 2.05) is 18.2 Å². The summed E-state index contributed by atoms with van der Waals surface area (Å²) in [6.07, 6.45) is 5.44. The zero-order valence-electron chi connectivity index (χ0n) is 13.9. The van der Waals surface area contributed by atoms with Crippen LogP contribution in [0.15, 0.2) is 24.3 Å². The van der Waals surface area contributed by atoms with E-state index < -0.39 is 0 Å². The molecule has 0 saturated heterocycles. The van der Waals surface area contributed by atoms with Crippen LogP contribution in [0.3, 0.4) is 0 Å². The lowest BCUT2D eigenvalue weighted by molar-refractivity contribution is 0.0876. The van der Waals surface area contributed by atoms with Crippen LogP contribution in [0.4, 0.5) is 0 Å². The van der Waals surface area contributed by atoms with Gasteiger partial charge >= 0.3 is 0 Å². The molecule has 22 heavy (non-hydrogen) atoms. The molecule has 0 radical (unpaired) electrons. The van der Waals surface area contributed by atoms with Crippen molar-refractivity contribution in [1.29, 1.82) is 0 Å². The maximum absolute atomic E-state index is 12.8. The summed E-state index contributed by atoms with van der Waals surface area (Å²) in [5, 5.41) is 1.09. The summed E-state index contributed by atoms with van der Waals surface area (Å²) in [6, 6.07) is 8.19. The first-order chi connectivity index (χ1) is 10.6. The molecule has 1 heterocycles. The highest BCUT2D eigenvalue weighted by Gasteiger charge is 2.25. The molecule has 1 aliphatic carbocycles. The average molecular weight is 295 g/mol. The molecule has 116 valence electrons. The fourth-order valence-electron chi connectivity index (χ4n) is 3.59. The molecular weight excluding hydrogens is 270 g/mol. The molecule has 0 atom stereocenters. The summed E-state index contributed by atoms with van der Waals surface area (Å²) >= 11 is 0. The van der Waals surface area contributed by atoms with Crippen molar-refractivity contribution in [2.24, 2.45) is 11.8 Å². The van der Waals surface area contributed by atoms with Crippen LogP contribution in [0.5, 0.6) is 0 Å². The standard InChI is InChI=1S/C20H25NO/c1-4-15-11-18-12-17(9-10-19(18)21-14(15)3)20(22)16-7-5-13(2)6-8-16/h9-13,16H,4-8H2,1-3H3. The number of ketones is 1. The van der Waals surface area contributed by atoms with Crippen molar-refractivity contribution in [3.8, 4) is 0 Å². The van der Waals surface area contributed by atoms with Gasteiger partial charge < -0.3 is 0 Å². The monoisotopic (exact) mass is 295 g/mol. The lowest BCUT2D eigenvalue weighted by Gasteiger charge is -2.25. The molecule has 1 aromatic carbocycles. The highest BCUT2D eigenvalue weighted by molar-refractivity contribution is 6.00. The Kier molecular flexibility index (Phi) is 4.28. The second-order valence-corrected chi connectivity index (χ2v) is 6.81. The third kappa shape index (κ3) is 2.92. The van der Waals surface area contributed by atoms with Crippen molar-refractivity contribution in [3.05, 3.63) is 41.1 Å². The number of hydrogen-bond acceptors (Lipinski definition) is 2. The van der Waals surface area contributed by atoms with Gasteiger partial charge in [-0.2, -0.15) is 0 Å². The van der Waals surface area contributed by atoms with Crippen molar-refractivity contribution in [2.45, 2.75) is 52.9 Å². The molecule has 0 aliphatic heterocycles. The van der Waals surface area contributed by atoms with Gasteiger partial charge in [0.25, 0.3) is 0 Å². The van der Waals surface area contributed by atoms with E-state index in [2.05, 4.69) is 31.8 Å². The van der Waals surface area contributed by atoms with Gasteiger partial charge in [-0.05, 0) is 61.9 Å². The normalized spacial score (nSPS) is 22.0. The topological polar surface area (TPSA) is 30.0 Å². The van der Waals surface area contributed by atoms with Gasteiger partial charge in [-0.3, -0.25) is 9.78 Å². The van der Waals surface area contributed by atoms with Gasteiger partial charge in [0.2, 0.25) is 0 Å². The number of hydrogen-bond donors (Lipinski definition) is 0. The van der Waals surface area contributed by atoms with Gasteiger partial charge in [-0.25, -0.2) is 0 Å². The van der Waals surface area contributed by atoms with Crippen LogP contribution in [-0.2, 0) is 6.42 Å². The maximum atomic E-state index is 12.8. The van der Waals surface area contributed by atoms with E-state index in [0.717, 1.165) is 47.3 Å². The Balaban J connectivity index is 1.91. The Morgan fingerprint density at radius 1 is 1.18 bits per heavy atom. The predicted octanol–water partition coefficient (Wildman–Crippen LogP) is 5.11. The van der Waals surface area contributed by atoms with Gasteiger partial charge in [0.1, 0.15) is 0 Å². The fraction of sp³-hybridized carbons (Fsp3) is 0.500. The summed E-state index contributed by atoms with van der Waals surface area (Å²) in [5.74, 6) is 1.32. The Morgan fingerprint density at radius 2 is 1.91 bits per heavy atom. The fourth-order valence-corrected chi connectivity index (χ4v) is 3.59. The van der Waals surface area contributed by atoms with Gasteiger partial charge in [0, 0.05) is 22.6 Å². The molecule has 1 aromatic heterocycles. The number of aryl methyl sites for hydroxylation is 2. The SMILES string of the molecule is CCc1cc2cc(C(=O)C3CCC(C)CC3)ccc2nc1C. The van der Waals surface area contributed by atoms with Crippen molar-refractivity contribution >= 4 is 16.7 Å². The highest BCUT2D eigenvalue weighted by atomic mass is 16.1. The van der Waals surface area contributed by atoms with Crippen LogP contribution in [0.1, 0.15) is 61.1 Å². The Morgan fingerprint density at radius 3 is 2.59 bits per heavy atom. The van der Waals surface area contributed by atoms with Crippen LogP contribution >= 0.6 is 0 Å². The quantitative estimate of drug-likeness (QED) is 0.736. The molecule has 1 fully saturated rings. The number of pyridine rings is 1. The van der Waals surface area contributed by atoms with Crippen molar-refractivity contribution in [1.82, 2.24) is 4.98 Å². The Bertz CT molecular complexity index is 696. The van der Waals surface area contributed by atoms with Crippen LogP contribution in [0.25, 0.3) is 10.9 Å². The Labute approximate surface area is 133 Å². The third-order valence-electron chi connectivity index (χ3n) is 5.16. The summed E-state index contributed by atoms with van der Waals surface area (Å²) in [5.41, 5.74) is 4.21. The van der Waals surface area contributed by atoms with Gasteiger partial charge in [0.05, 0.1) is 5.52 Å². The first kappa shape index (κ1) is 15.2. The van der Waals surface area contributed by atoms with Crippen LogP contribution in [0.2, 0.25) is 0 Å². The molecule has 0 bridgehead atoms. The highest BCUT2D eigenvalue weighted by Crippen LogP contribution is 2.31. The second kappa shape index (κ2) is 6.20. The minimum Gasteiger partial charge on any atom is -0.294 e. The van der Waals surface area contributed by atoms with Crippen molar-refractivity contribution in [2.75, 3.05) is 0 Å². The smallest absolute Gasteiger partial charge is 0.165 e. The van der Waals surface area contributed by atoms with E-state index in [9.17, 15) is 4.79 Å². The van der Waals surface area contributed by atoms with E-state index in [-0.39, 0.29) is 5.92 Å². The number of benzene rings is 1. The van der Waals surface area contributed by atoms with Gasteiger partial charge in [0.15, 0.2) is 5.78 Å². The Hall–Kier alpha value is -1.70.